The van der Waals surface area contributed by atoms with Gasteiger partial charge < -0.3 is 19.9 Å². The third-order valence-electron chi connectivity index (χ3n) is 2.46. The van der Waals surface area contributed by atoms with Crippen molar-refractivity contribution in [3.8, 4) is 0 Å². The van der Waals surface area contributed by atoms with E-state index >= 15 is 0 Å². The first kappa shape index (κ1) is 17.5. The lowest BCUT2D eigenvalue weighted by atomic mass is 10.2. The molecule has 1 rings (SSSR count). The first-order valence-electron chi connectivity index (χ1n) is 6.73. The fourth-order valence-electron chi connectivity index (χ4n) is 1.55. The number of carbonyl (C=O) groups excluding carboxylic acids is 1. The maximum Gasteiger partial charge on any atom is 0.406 e. The van der Waals surface area contributed by atoms with E-state index in [4.69, 9.17) is 0 Å². The summed E-state index contributed by atoms with van der Waals surface area (Å²) < 4.78 is 6.54. The number of methoxy groups -OCH3 is 1. The number of ether oxygens (including phenoxy) is 1. The van der Waals surface area contributed by atoms with E-state index in [0.717, 1.165) is 0 Å². The Labute approximate surface area is 116 Å². The van der Waals surface area contributed by atoms with Crippen LogP contribution in [0, 0.1) is 0 Å². The van der Waals surface area contributed by atoms with Crippen molar-refractivity contribution in [3.63, 3.8) is 0 Å². The van der Waals surface area contributed by atoms with Crippen LogP contribution >= 0.6 is 0 Å². The van der Waals surface area contributed by atoms with Crippen molar-refractivity contribution in [2.24, 2.45) is 7.05 Å². The summed E-state index contributed by atoms with van der Waals surface area (Å²) in [7, 11) is 3.37. The molecular weight excluding hydrogens is 242 g/mol. The molecule has 2 N–H and O–H groups in total. The molecule has 0 radical (unpaired) electrons. The number of amides is 1. The summed E-state index contributed by atoms with van der Waals surface area (Å²) in [5.74, 6) is 0. The topological polar surface area (TPSA) is 55.3 Å². The summed E-state index contributed by atoms with van der Waals surface area (Å²) in [6.07, 6.45) is 2.87. The minimum Gasteiger partial charge on any atom is -0.453 e. The first-order valence-corrected chi connectivity index (χ1v) is 6.73. The molecule has 0 bridgehead atoms. The second-order valence-corrected chi connectivity index (χ2v) is 4.35. The molecule has 1 heterocycles. The van der Waals surface area contributed by atoms with Crippen LogP contribution < -0.4 is 10.6 Å². The number of aryl methyl sites for hydroxylation is 1. The molecule has 0 saturated heterocycles. The van der Waals surface area contributed by atoms with Gasteiger partial charge in [0.25, 0.3) is 0 Å². The van der Waals surface area contributed by atoms with Crippen LogP contribution in [0.1, 0.15) is 38.9 Å². The summed E-state index contributed by atoms with van der Waals surface area (Å²) in [6.45, 7) is 7.61. The summed E-state index contributed by atoms with van der Waals surface area (Å²) in [5.41, 5.74) is 1.22. The third kappa shape index (κ3) is 7.51. The summed E-state index contributed by atoms with van der Waals surface area (Å²) in [6, 6.07) is 4.35. The van der Waals surface area contributed by atoms with Crippen molar-refractivity contribution in [3.05, 3.63) is 24.0 Å². The number of aromatic nitrogens is 1. The average molecular weight is 269 g/mol. The summed E-state index contributed by atoms with van der Waals surface area (Å²) in [4.78, 5) is 10.8. The van der Waals surface area contributed by atoms with E-state index in [0.29, 0.717) is 13.1 Å². The van der Waals surface area contributed by atoms with E-state index in [-0.39, 0.29) is 6.04 Å². The number of nitrogens with zero attached hydrogens (tertiary/aromatic N) is 1. The van der Waals surface area contributed by atoms with Crippen LogP contribution in [-0.4, -0.2) is 30.9 Å². The number of alkyl carbamates (subject to hydrolysis) is 1. The van der Waals surface area contributed by atoms with E-state index in [1.165, 1.54) is 19.2 Å². The first-order chi connectivity index (χ1) is 9.06. The lowest BCUT2D eigenvalue weighted by Crippen LogP contribution is -2.33. The van der Waals surface area contributed by atoms with Gasteiger partial charge in [0.1, 0.15) is 0 Å². The predicted octanol–water partition coefficient (Wildman–Crippen LogP) is 2.45. The smallest absolute Gasteiger partial charge is 0.406 e. The molecule has 1 aromatic rings. The molecule has 5 nitrogen and oxygen atoms in total. The Bertz CT molecular complexity index is 350. The van der Waals surface area contributed by atoms with Crippen LogP contribution in [0.25, 0.3) is 0 Å². The lowest BCUT2D eigenvalue weighted by Gasteiger charge is -2.15. The van der Waals surface area contributed by atoms with Crippen molar-refractivity contribution in [1.29, 1.82) is 0 Å². The van der Waals surface area contributed by atoms with Crippen molar-refractivity contribution >= 4 is 6.09 Å². The second-order valence-electron chi connectivity index (χ2n) is 4.35. The summed E-state index contributed by atoms with van der Waals surface area (Å²) >= 11 is 0. The maximum atomic E-state index is 10.8. The minimum atomic E-state index is -0.395. The van der Waals surface area contributed by atoms with Crippen LogP contribution in [0.3, 0.4) is 0 Å². The Morgan fingerprint density at radius 1 is 1.42 bits per heavy atom. The van der Waals surface area contributed by atoms with Crippen molar-refractivity contribution in [2.75, 3.05) is 20.2 Å². The highest BCUT2D eigenvalue weighted by molar-refractivity contribution is 5.66. The largest absolute Gasteiger partial charge is 0.453 e. The fourth-order valence-corrected chi connectivity index (χ4v) is 1.55. The Hall–Kier alpha value is -1.49. The molecule has 5 heteroatoms. The Kier molecular flexibility index (Phi) is 9.62. The highest BCUT2D eigenvalue weighted by atomic mass is 16.5. The molecule has 0 aliphatic rings. The Morgan fingerprint density at radius 3 is 2.53 bits per heavy atom. The number of hydrogen-bond acceptors (Lipinski definition) is 3. The second kappa shape index (κ2) is 10.4. The van der Waals surface area contributed by atoms with Gasteiger partial charge in [0.2, 0.25) is 0 Å². The third-order valence-corrected chi connectivity index (χ3v) is 2.46. The average Bonchev–Trinajstić information content (AvgIpc) is 2.81. The fraction of sp³-hybridized carbons (Fsp3) is 0.643. The van der Waals surface area contributed by atoms with Gasteiger partial charge in [-0.1, -0.05) is 20.3 Å². The molecule has 0 aliphatic carbocycles. The highest BCUT2D eigenvalue weighted by Gasteiger charge is 2.07. The Morgan fingerprint density at radius 2 is 2.05 bits per heavy atom. The van der Waals surface area contributed by atoms with Crippen molar-refractivity contribution in [2.45, 2.75) is 33.2 Å². The van der Waals surface area contributed by atoms with Crippen LogP contribution in [0.5, 0.6) is 0 Å². The monoisotopic (exact) mass is 269 g/mol. The van der Waals surface area contributed by atoms with E-state index < -0.39 is 6.09 Å². The van der Waals surface area contributed by atoms with Crippen LogP contribution in [0.4, 0.5) is 4.79 Å². The zero-order chi connectivity index (χ0) is 14.7. The maximum absolute atomic E-state index is 10.8. The molecule has 1 aromatic heterocycles. The normalized spacial score (nSPS) is 11.2. The van der Waals surface area contributed by atoms with Gasteiger partial charge in [-0.15, -0.1) is 0 Å². The molecule has 0 fully saturated rings. The quantitative estimate of drug-likeness (QED) is 0.807. The molecular formula is C14H27N3O2. The van der Waals surface area contributed by atoms with Gasteiger partial charge in [-0.05, 0) is 19.1 Å². The van der Waals surface area contributed by atoms with Crippen LogP contribution in [0.15, 0.2) is 18.3 Å². The van der Waals surface area contributed by atoms with Gasteiger partial charge in [-0.2, -0.15) is 0 Å². The van der Waals surface area contributed by atoms with Gasteiger partial charge in [0, 0.05) is 38.1 Å². The number of hydrogen-bond donors (Lipinski definition) is 2. The molecule has 1 atom stereocenters. The van der Waals surface area contributed by atoms with E-state index in [9.17, 15) is 4.79 Å². The van der Waals surface area contributed by atoms with Crippen molar-refractivity contribution < 1.29 is 9.53 Å². The standard InChI is InChI=1S/C11H19N3O2.C3H8/c1-9(10-5-4-8-14(10)2)12-6-7-13-11(15)16-3;1-3-2/h4-5,8-9,12H,6-7H2,1-3H3,(H,13,15);3H2,1-2H3. The Balaban J connectivity index is 0.000000982. The van der Waals surface area contributed by atoms with Gasteiger partial charge in [0.05, 0.1) is 7.11 Å². The molecule has 1 amide bonds. The number of carbonyl (C=O) groups is 1. The molecule has 0 spiro atoms. The van der Waals surface area contributed by atoms with Gasteiger partial charge >= 0.3 is 6.09 Å². The van der Waals surface area contributed by atoms with E-state index in [1.54, 1.807) is 0 Å². The SMILES string of the molecule is CCC.COC(=O)NCCNC(C)c1cccn1C. The van der Waals surface area contributed by atoms with Crippen molar-refractivity contribution in [1.82, 2.24) is 15.2 Å². The zero-order valence-electron chi connectivity index (χ0n) is 12.7. The van der Waals surface area contributed by atoms with Gasteiger partial charge in [-0.3, -0.25) is 0 Å². The zero-order valence-corrected chi connectivity index (χ0v) is 12.7. The van der Waals surface area contributed by atoms with E-state index in [2.05, 4.69) is 46.8 Å². The summed E-state index contributed by atoms with van der Waals surface area (Å²) in [5, 5.41) is 5.93. The molecule has 110 valence electrons. The number of rotatable bonds is 5. The minimum absolute atomic E-state index is 0.263. The van der Waals surface area contributed by atoms with Gasteiger partial charge in [-0.25, -0.2) is 4.79 Å². The molecule has 0 saturated carbocycles. The molecule has 0 aliphatic heterocycles. The molecule has 0 aromatic carbocycles. The van der Waals surface area contributed by atoms with Crippen LogP contribution in [0.2, 0.25) is 0 Å². The highest BCUT2D eigenvalue weighted by Crippen LogP contribution is 2.10. The lowest BCUT2D eigenvalue weighted by molar-refractivity contribution is 0.171. The molecule has 19 heavy (non-hydrogen) atoms. The number of nitrogens with one attached hydrogen (secondary N) is 2. The molecule has 1 unspecified atom stereocenters. The van der Waals surface area contributed by atoms with Crippen LogP contribution in [-0.2, 0) is 11.8 Å². The van der Waals surface area contributed by atoms with E-state index in [1.807, 2.05) is 19.3 Å². The van der Waals surface area contributed by atoms with Gasteiger partial charge in [0.15, 0.2) is 0 Å². The predicted molar refractivity (Wildman–Crippen MR) is 78.2 cm³/mol.